The largest absolute Gasteiger partial charge is 0.378 e. The van der Waals surface area contributed by atoms with Gasteiger partial charge in [-0.25, -0.2) is 0 Å². The molecule has 0 unspecified atom stereocenters. The van der Waals surface area contributed by atoms with Crippen LogP contribution >= 0.6 is 0 Å². The summed E-state index contributed by atoms with van der Waals surface area (Å²) in [5.41, 5.74) is -0.196. The predicted molar refractivity (Wildman–Crippen MR) is 73.8 cm³/mol. The van der Waals surface area contributed by atoms with Gasteiger partial charge in [0.2, 0.25) is 0 Å². The second-order valence-electron chi connectivity index (χ2n) is 4.13. The van der Waals surface area contributed by atoms with E-state index in [1.807, 2.05) is 6.92 Å². The molecule has 104 valence electrons. The zero-order valence-corrected chi connectivity index (χ0v) is 10.7. The van der Waals surface area contributed by atoms with E-state index in [0.29, 0.717) is 6.54 Å². The lowest BCUT2D eigenvalue weighted by atomic mass is 10.1. The van der Waals surface area contributed by atoms with E-state index in [9.17, 15) is 20.2 Å². The molecule has 8 heteroatoms. The summed E-state index contributed by atoms with van der Waals surface area (Å²) in [5.74, 6) is 0. The molecular formula is C12H12N4O4. The lowest BCUT2D eigenvalue weighted by molar-refractivity contribution is -0.392. The third kappa shape index (κ3) is 2.35. The van der Waals surface area contributed by atoms with Crippen molar-refractivity contribution in [2.75, 3.05) is 11.9 Å². The molecule has 0 bridgehead atoms. The van der Waals surface area contributed by atoms with Crippen LogP contribution in [0.5, 0.6) is 0 Å². The molecule has 0 fully saturated rings. The molecular weight excluding hydrogens is 264 g/mol. The summed E-state index contributed by atoms with van der Waals surface area (Å²) in [6.07, 6.45) is 2.22. The maximum Gasteiger partial charge on any atom is 0.301 e. The van der Waals surface area contributed by atoms with Gasteiger partial charge in [0.1, 0.15) is 11.2 Å². The Kier molecular flexibility index (Phi) is 3.74. The topological polar surface area (TPSA) is 111 Å². The van der Waals surface area contributed by atoms with Gasteiger partial charge in [-0.1, -0.05) is 6.92 Å². The molecule has 1 aromatic carbocycles. The molecule has 0 aliphatic heterocycles. The van der Waals surface area contributed by atoms with Crippen molar-refractivity contribution in [3.63, 3.8) is 0 Å². The van der Waals surface area contributed by atoms with Gasteiger partial charge in [-0.15, -0.1) is 0 Å². The Morgan fingerprint density at radius 2 is 1.95 bits per heavy atom. The van der Waals surface area contributed by atoms with Gasteiger partial charge in [0.05, 0.1) is 21.3 Å². The zero-order valence-electron chi connectivity index (χ0n) is 10.7. The first-order chi connectivity index (χ1) is 9.56. The number of nitro groups is 2. The number of benzene rings is 1. The number of anilines is 1. The molecule has 2 rings (SSSR count). The summed E-state index contributed by atoms with van der Waals surface area (Å²) in [5, 5.41) is 25.4. The van der Waals surface area contributed by atoms with E-state index in [2.05, 4.69) is 10.3 Å². The number of hydrogen-bond donors (Lipinski definition) is 1. The highest BCUT2D eigenvalue weighted by Gasteiger charge is 2.25. The molecule has 0 aliphatic rings. The van der Waals surface area contributed by atoms with Crippen LogP contribution < -0.4 is 5.32 Å². The van der Waals surface area contributed by atoms with Gasteiger partial charge in [-0.3, -0.25) is 25.2 Å². The number of non-ortho nitro benzene ring substituents is 1. The highest BCUT2D eigenvalue weighted by molar-refractivity contribution is 6.01. The summed E-state index contributed by atoms with van der Waals surface area (Å²) >= 11 is 0. The molecule has 0 radical (unpaired) electrons. The van der Waals surface area contributed by atoms with Gasteiger partial charge in [0.15, 0.2) is 0 Å². The first kappa shape index (κ1) is 13.7. The van der Waals surface area contributed by atoms with E-state index in [0.717, 1.165) is 12.5 Å². The number of nitrogens with zero attached hydrogens (tertiary/aromatic N) is 3. The lowest BCUT2D eigenvalue weighted by Gasteiger charge is -2.09. The minimum absolute atomic E-state index is 0.220. The molecule has 0 spiro atoms. The molecule has 2 aromatic rings. The summed E-state index contributed by atoms with van der Waals surface area (Å²) < 4.78 is 0. The van der Waals surface area contributed by atoms with E-state index in [-0.39, 0.29) is 28.0 Å². The molecule has 0 atom stereocenters. The van der Waals surface area contributed by atoms with Crippen molar-refractivity contribution < 1.29 is 9.85 Å². The van der Waals surface area contributed by atoms with Gasteiger partial charge in [0, 0.05) is 12.7 Å². The van der Waals surface area contributed by atoms with Crippen LogP contribution in [-0.4, -0.2) is 21.4 Å². The average Bonchev–Trinajstić information content (AvgIpc) is 2.43. The first-order valence-electron chi connectivity index (χ1n) is 6.00. The fourth-order valence-corrected chi connectivity index (χ4v) is 1.93. The van der Waals surface area contributed by atoms with E-state index in [1.165, 1.54) is 12.3 Å². The quantitative estimate of drug-likeness (QED) is 0.663. The van der Waals surface area contributed by atoms with Crippen molar-refractivity contribution in [2.45, 2.75) is 13.3 Å². The maximum absolute atomic E-state index is 11.1. The van der Waals surface area contributed by atoms with E-state index >= 15 is 0 Å². The number of hydrogen-bond acceptors (Lipinski definition) is 6. The monoisotopic (exact) mass is 276 g/mol. The van der Waals surface area contributed by atoms with Gasteiger partial charge >= 0.3 is 5.69 Å². The molecule has 0 amide bonds. The van der Waals surface area contributed by atoms with Gasteiger partial charge < -0.3 is 5.32 Å². The summed E-state index contributed by atoms with van der Waals surface area (Å²) in [7, 11) is 0. The van der Waals surface area contributed by atoms with Crippen molar-refractivity contribution in [1.29, 1.82) is 0 Å². The van der Waals surface area contributed by atoms with Crippen molar-refractivity contribution >= 4 is 28.0 Å². The molecule has 1 heterocycles. The molecule has 20 heavy (non-hydrogen) atoms. The van der Waals surface area contributed by atoms with Crippen LogP contribution in [-0.2, 0) is 0 Å². The summed E-state index contributed by atoms with van der Waals surface area (Å²) in [6, 6.07) is 4.06. The Morgan fingerprint density at radius 3 is 2.55 bits per heavy atom. The van der Waals surface area contributed by atoms with Crippen LogP contribution in [0.25, 0.3) is 10.9 Å². The fourth-order valence-electron chi connectivity index (χ4n) is 1.93. The van der Waals surface area contributed by atoms with Crippen molar-refractivity contribution in [3.05, 3.63) is 44.6 Å². The summed E-state index contributed by atoms with van der Waals surface area (Å²) in [4.78, 5) is 24.9. The van der Waals surface area contributed by atoms with E-state index in [4.69, 9.17) is 0 Å². The highest BCUT2D eigenvalue weighted by Crippen LogP contribution is 2.37. The Hall–Kier alpha value is -2.77. The number of aromatic nitrogens is 1. The normalized spacial score (nSPS) is 10.4. The average molecular weight is 276 g/mol. The van der Waals surface area contributed by atoms with Gasteiger partial charge in [-0.2, -0.15) is 0 Å². The SMILES string of the molecule is CCCNc1c([N+](=O)[O-])cc([N+](=O)[O-])c2cccnc12. The molecule has 0 saturated heterocycles. The second-order valence-corrected chi connectivity index (χ2v) is 4.13. The van der Waals surface area contributed by atoms with Crippen molar-refractivity contribution in [2.24, 2.45) is 0 Å². The Bertz CT molecular complexity index is 686. The Morgan fingerprint density at radius 1 is 1.25 bits per heavy atom. The smallest absolute Gasteiger partial charge is 0.301 e. The fraction of sp³-hybridized carbons (Fsp3) is 0.250. The van der Waals surface area contributed by atoms with Crippen LogP contribution in [0, 0.1) is 20.2 Å². The van der Waals surface area contributed by atoms with Gasteiger partial charge in [0.25, 0.3) is 5.69 Å². The maximum atomic E-state index is 11.1. The number of rotatable bonds is 5. The number of nitro benzene ring substituents is 2. The van der Waals surface area contributed by atoms with E-state index < -0.39 is 9.85 Å². The van der Waals surface area contributed by atoms with Crippen LogP contribution in [0.15, 0.2) is 24.4 Å². The molecule has 1 N–H and O–H groups in total. The van der Waals surface area contributed by atoms with E-state index in [1.54, 1.807) is 6.07 Å². The number of nitrogens with one attached hydrogen (secondary N) is 1. The number of pyridine rings is 1. The van der Waals surface area contributed by atoms with Crippen LogP contribution in [0.1, 0.15) is 13.3 Å². The van der Waals surface area contributed by atoms with Crippen molar-refractivity contribution in [1.82, 2.24) is 4.98 Å². The van der Waals surface area contributed by atoms with Crippen molar-refractivity contribution in [3.8, 4) is 0 Å². The molecule has 0 aliphatic carbocycles. The predicted octanol–water partition coefficient (Wildman–Crippen LogP) is 2.87. The van der Waals surface area contributed by atoms with Crippen LogP contribution in [0.4, 0.5) is 17.1 Å². The third-order valence-electron chi connectivity index (χ3n) is 2.80. The molecule has 0 saturated carbocycles. The van der Waals surface area contributed by atoms with Crippen LogP contribution in [0.3, 0.4) is 0 Å². The minimum Gasteiger partial charge on any atom is -0.378 e. The minimum atomic E-state index is -0.640. The Balaban J connectivity index is 2.80. The third-order valence-corrected chi connectivity index (χ3v) is 2.80. The second kappa shape index (κ2) is 5.47. The summed E-state index contributed by atoms with van der Waals surface area (Å²) in [6.45, 7) is 2.43. The standard InChI is InChI=1S/C12H12N4O4/c1-2-5-13-12-10(16(19)20)7-9(15(17)18)8-4-3-6-14-11(8)12/h3-4,6-7,13H,2,5H2,1H3. The first-order valence-corrected chi connectivity index (χ1v) is 6.00. The van der Waals surface area contributed by atoms with Gasteiger partial charge in [-0.05, 0) is 18.6 Å². The molecule has 8 nitrogen and oxygen atoms in total. The van der Waals surface area contributed by atoms with Crippen LogP contribution in [0.2, 0.25) is 0 Å². The lowest BCUT2D eigenvalue weighted by Crippen LogP contribution is -2.06. The molecule has 1 aromatic heterocycles. The Labute approximate surface area is 113 Å². The highest BCUT2D eigenvalue weighted by atomic mass is 16.6. The zero-order chi connectivity index (χ0) is 14.7. The number of fused-ring (bicyclic) bond motifs is 1.